The van der Waals surface area contributed by atoms with Gasteiger partial charge in [0, 0.05) is 6.54 Å². The first-order valence-corrected chi connectivity index (χ1v) is 5.93. The lowest BCUT2D eigenvalue weighted by molar-refractivity contribution is -0.123. The number of rotatable bonds is 5. The number of halogens is 1. The van der Waals surface area contributed by atoms with Crippen LogP contribution in [-0.4, -0.2) is 31.1 Å². The molecule has 0 spiro atoms. The Morgan fingerprint density at radius 1 is 1.42 bits per heavy atom. The molecule has 0 aliphatic rings. The molecule has 0 unspecified atom stereocenters. The van der Waals surface area contributed by atoms with E-state index in [0.29, 0.717) is 4.67 Å². The van der Waals surface area contributed by atoms with E-state index in [1.54, 1.807) is 0 Å². The smallest absolute Gasteiger partial charge is 0.374 e. The van der Waals surface area contributed by atoms with Crippen molar-refractivity contribution in [2.75, 3.05) is 13.2 Å². The Morgan fingerprint density at radius 2 is 2.16 bits per heavy atom. The highest BCUT2D eigenvalue weighted by Crippen LogP contribution is 2.14. The van der Waals surface area contributed by atoms with Gasteiger partial charge < -0.3 is 14.5 Å². The number of amides is 3. The fourth-order valence-electron chi connectivity index (χ4n) is 0.998. The Morgan fingerprint density at radius 3 is 2.74 bits per heavy atom. The van der Waals surface area contributed by atoms with Gasteiger partial charge in [-0.15, -0.1) is 6.58 Å². The number of hydrogen-bond acceptors (Lipinski definition) is 5. The summed E-state index contributed by atoms with van der Waals surface area (Å²) in [4.78, 5) is 33.7. The molecule has 102 valence electrons. The summed E-state index contributed by atoms with van der Waals surface area (Å²) in [5, 5.41) is 4.30. The molecule has 1 rings (SSSR count). The Bertz CT molecular complexity index is 497. The van der Waals surface area contributed by atoms with E-state index in [0.717, 1.165) is 0 Å². The van der Waals surface area contributed by atoms with Crippen LogP contribution in [0, 0.1) is 0 Å². The van der Waals surface area contributed by atoms with E-state index in [2.05, 4.69) is 32.6 Å². The van der Waals surface area contributed by atoms with Crippen LogP contribution in [0.4, 0.5) is 4.79 Å². The van der Waals surface area contributed by atoms with Crippen molar-refractivity contribution < 1.29 is 23.5 Å². The van der Waals surface area contributed by atoms with Crippen molar-refractivity contribution in [1.29, 1.82) is 0 Å². The van der Waals surface area contributed by atoms with E-state index < -0.39 is 24.5 Å². The molecule has 7 nitrogen and oxygen atoms in total. The van der Waals surface area contributed by atoms with Crippen molar-refractivity contribution in [3.8, 4) is 0 Å². The molecule has 3 amide bonds. The van der Waals surface area contributed by atoms with Crippen molar-refractivity contribution in [3.05, 3.63) is 35.2 Å². The summed E-state index contributed by atoms with van der Waals surface area (Å²) in [6.45, 7) is 3.03. The SMILES string of the molecule is C=CCNC(=O)NC(=O)COC(=O)c1ccc(Br)o1. The molecule has 0 bridgehead atoms. The van der Waals surface area contributed by atoms with Gasteiger partial charge in [0.2, 0.25) is 5.76 Å². The predicted octanol–water partition coefficient (Wildman–Crippen LogP) is 1.21. The summed E-state index contributed by atoms with van der Waals surface area (Å²) in [5.41, 5.74) is 0. The Hall–Kier alpha value is -2.09. The fourth-order valence-corrected chi connectivity index (χ4v) is 1.30. The zero-order chi connectivity index (χ0) is 14.3. The van der Waals surface area contributed by atoms with E-state index in [4.69, 9.17) is 4.42 Å². The first kappa shape index (κ1) is 15.0. The molecule has 0 saturated carbocycles. The summed E-state index contributed by atoms with van der Waals surface area (Å²) in [7, 11) is 0. The molecule has 0 aromatic carbocycles. The van der Waals surface area contributed by atoms with Crippen LogP contribution in [0.3, 0.4) is 0 Å². The minimum absolute atomic E-state index is 0.0456. The third kappa shape index (κ3) is 5.38. The van der Waals surface area contributed by atoms with Gasteiger partial charge in [-0.3, -0.25) is 10.1 Å². The second-order valence-electron chi connectivity index (χ2n) is 3.23. The number of nitrogens with one attached hydrogen (secondary N) is 2. The molecular formula is C11H11BrN2O5. The first-order valence-electron chi connectivity index (χ1n) is 5.14. The second kappa shape index (κ2) is 7.37. The second-order valence-corrected chi connectivity index (χ2v) is 4.01. The number of furan rings is 1. The van der Waals surface area contributed by atoms with E-state index in [1.807, 2.05) is 5.32 Å². The molecule has 1 aromatic rings. The molecule has 1 aromatic heterocycles. The van der Waals surface area contributed by atoms with Gasteiger partial charge in [-0.25, -0.2) is 9.59 Å². The van der Waals surface area contributed by atoms with Crippen molar-refractivity contribution >= 4 is 33.8 Å². The number of hydrogen-bond donors (Lipinski definition) is 2. The molecule has 0 aliphatic heterocycles. The largest absolute Gasteiger partial charge is 0.450 e. The van der Waals surface area contributed by atoms with Crippen LogP contribution in [-0.2, 0) is 9.53 Å². The highest BCUT2D eigenvalue weighted by molar-refractivity contribution is 9.10. The van der Waals surface area contributed by atoms with E-state index in [9.17, 15) is 14.4 Å². The van der Waals surface area contributed by atoms with Crippen LogP contribution in [0.2, 0.25) is 0 Å². The monoisotopic (exact) mass is 330 g/mol. The summed E-state index contributed by atoms with van der Waals surface area (Å²) < 4.78 is 9.94. The molecule has 0 fully saturated rings. The molecule has 2 N–H and O–H groups in total. The van der Waals surface area contributed by atoms with E-state index in [1.165, 1.54) is 18.2 Å². The molecular weight excluding hydrogens is 320 g/mol. The highest BCUT2D eigenvalue weighted by Gasteiger charge is 2.14. The fraction of sp³-hybridized carbons (Fsp3) is 0.182. The van der Waals surface area contributed by atoms with Gasteiger partial charge in [0.05, 0.1) is 0 Å². The standard InChI is InChI=1S/C11H11BrN2O5/c1-2-5-13-11(17)14-9(15)6-18-10(16)7-3-4-8(12)19-7/h2-4H,1,5-6H2,(H2,13,14,15,17). The molecule has 19 heavy (non-hydrogen) atoms. The lowest BCUT2D eigenvalue weighted by Gasteiger charge is -2.05. The number of esters is 1. The maximum Gasteiger partial charge on any atom is 0.374 e. The van der Waals surface area contributed by atoms with Crippen LogP contribution < -0.4 is 10.6 Å². The van der Waals surface area contributed by atoms with Crippen LogP contribution in [0.15, 0.2) is 33.9 Å². The molecule has 0 aliphatic carbocycles. The molecule has 0 saturated heterocycles. The molecule has 1 heterocycles. The first-order chi connectivity index (χ1) is 9.02. The quantitative estimate of drug-likeness (QED) is 0.624. The van der Waals surface area contributed by atoms with Crippen LogP contribution in [0.25, 0.3) is 0 Å². The number of carbonyl (C=O) groups excluding carboxylic acids is 3. The summed E-state index contributed by atoms with van der Waals surface area (Å²) in [5.74, 6) is -1.59. The maximum atomic E-state index is 11.4. The van der Waals surface area contributed by atoms with Crippen LogP contribution in [0.5, 0.6) is 0 Å². The topological polar surface area (TPSA) is 97.6 Å². The normalized spacial score (nSPS) is 9.53. The number of ether oxygens (including phenoxy) is 1. The third-order valence-electron chi connectivity index (χ3n) is 1.77. The molecule has 0 radical (unpaired) electrons. The average molecular weight is 331 g/mol. The Labute approximate surface area is 117 Å². The van der Waals surface area contributed by atoms with Crippen molar-refractivity contribution in [2.45, 2.75) is 0 Å². The van der Waals surface area contributed by atoms with Crippen molar-refractivity contribution in [1.82, 2.24) is 10.6 Å². The lowest BCUT2D eigenvalue weighted by Crippen LogP contribution is -2.41. The average Bonchev–Trinajstić information content (AvgIpc) is 2.80. The number of urea groups is 1. The van der Waals surface area contributed by atoms with E-state index >= 15 is 0 Å². The molecule has 8 heteroatoms. The third-order valence-corrected chi connectivity index (χ3v) is 2.19. The summed E-state index contributed by atoms with van der Waals surface area (Å²) >= 11 is 3.02. The highest BCUT2D eigenvalue weighted by atomic mass is 79.9. The predicted molar refractivity (Wildman–Crippen MR) is 68.4 cm³/mol. The summed E-state index contributed by atoms with van der Waals surface area (Å²) in [6, 6.07) is 2.21. The minimum atomic E-state index is -0.799. The van der Waals surface area contributed by atoms with Gasteiger partial charge in [-0.2, -0.15) is 0 Å². The van der Waals surface area contributed by atoms with Crippen LogP contribution >= 0.6 is 15.9 Å². The van der Waals surface area contributed by atoms with Crippen molar-refractivity contribution in [2.24, 2.45) is 0 Å². The Balaban J connectivity index is 2.32. The van der Waals surface area contributed by atoms with Gasteiger partial charge in [-0.05, 0) is 28.1 Å². The van der Waals surface area contributed by atoms with Gasteiger partial charge in [-0.1, -0.05) is 6.08 Å². The minimum Gasteiger partial charge on any atom is -0.450 e. The Kier molecular flexibility index (Phi) is 5.80. The maximum absolute atomic E-state index is 11.4. The number of imide groups is 1. The van der Waals surface area contributed by atoms with E-state index in [-0.39, 0.29) is 12.3 Å². The zero-order valence-corrected chi connectivity index (χ0v) is 11.4. The molecule has 0 atom stereocenters. The van der Waals surface area contributed by atoms with Gasteiger partial charge in [0.15, 0.2) is 11.3 Å². The van der Waals surface area contributed by atoms with Crippen LogP contribution in [0.1, 0.15) is 10.6 Å². The lowest BCUT2D eigenvalue weighted by atomic mass is 10.4. The van der Waals surface area contributed by atoms with Crippen molar-refractivity contribution in [3.63, 3.8) is 0 Å². The summed E-state index contributed by atoms with van der Waals surface area (Å²) in [6.07, 6.45) is 1.46. The number of carbonyl (C=O) groups is 3. The van der Waals surface area contributed by atoms with Gasteiger partial charge in [0.25, 0.3) is 5.91 Å². The zero-order valence-electron chi connectivity index (χ0n) is 9.77. The van der Waals surface area contributed by atoms with Gasteiger partial charge >= 0.3 is 12.0 Å². The van der Waals surface area contributed by atoms with Gasteiger partial charge in [0.1, 0.15) is 0 Å².